The summed E-state index contributed by atoms with van der Waals surface area (Å²) in [5, 5.41) is 6.46. The number of rotatable bonds is 6. The van der Waals surface area contributed by atoms with Gasteiger partial charge in [0.2, 0.25) is 5.95 Å². The minimum absolute atomic E-state index is 0.00730. The summed E-state index contributed by atoms with van der Waals surface area (Å²) in [6.07, 6.45) is 1.09. The lowest BCUT2D eigenvalue weighted by Crippen LogP contribution is -2.43. The topological polar surface area (TPSA) is 74.8 Å². The quantitative estimate of drug-likeness (QED) is 0.526. The molecule has 0 bridgehead atoms. The summed E-state index contributed by atoms with van der Waals surface area (Å²) in [6.45, 7) is 8.68. The van der Waals surface area contributed by atoms with E-state index in [-0.39, 0.29) is 23.4 Å². The Morgan fingerprint density at radius 1 is 1.06 bits per heavy atom. The minimum Gasteiger partial charge on any atom is -0.495 e. The maximum Gasteiger partial charge on any atom is 0.227 e. The van der Waals surface area contributed by atoms with Gasteiger partial charge in [0, 0.05) is 49.5 Å². The van der Waals surface area contributed by atoms with E-state index in [1.807, 2.05) is 36.9 Å². The van der Waals surface area contributed by atoms with Gasteiger partial charge in [0.1, 0.15) is 18.1 Å². The third kappa shape index (κ3) is 4.73. The van der Waals surface area contributed by atoms with Gasteiger partial charge in [-0.25, -0.2) is 18.7 Å². The lowest BCUT2D eigenvalue weighted by molar-refractivity contribution is 0.287. The number of nitrogens with one attached hydrogen (secondary N) is 2. The molecule has 1 saturated heterocycles. The van der Waals surface area contributed by atoms with Crippen LogP contribution in [0.5, 0.6) is 11.5 Å². The number of halogens is 2. The number of piperazine rings is 1. The van der Waals surface area contributed by atoms with Crippen molar-refractivity contribution in [2.75, 3.05) is 61.6 Å². The molecule has 0 spiro atoms. The zero-order valence-electron chi connectivity index (χ0n) is 20.6. The Kier molecular flexibility index (Phi) is 6.77. The number of benzene rings is 2. The Morgan fingerprint density at radius 3 is 2.61 bits per heavy atom. The minimum atomic E-state index is -0.639. The van der Waals surface area contributed by atoms with Crippen LogP contribution in [0.3, 0.4) is 0 Å². The van der Waals surface area contributed by atoms with Gasteiger partial charge in [-0.05, 0) is 38.1 Å². The summed E-state index contributed by atoms with van der Waals surface area (Å²) in [5.74, 6) is -0.0932. The molecule has 1 aromatic heterocycles. The van der Waals surface area contributed by atoms with Crippen molar-refractivity contribution in [2.45, 2.75) is 19.9 Å². The van der Waals surface area contributed by atoms with Gasteiger partial charge in [-0.2, -0.15) is 0 Å². The molecule has 0 saturated carbocycles. The zero-order valence-corrected chi connectivity index (χ0v) is 20.6. The SMILES string of the molecule is COc1cc(Nc2ncc(F)c(-c3cc(F)c4c(c3)N(C(C)C)CCO4)n2)ccc1N1CCNCC1. The highest BCUT2D eigenvalue weighted by molar-refractivity contribution is 5.73. The summed E-state index contributed by atoms with van der Waals surface area (Å²) in [7, 11) is 1.63. The molecular weight excluding hydrogens is 466 g/mol. The van der Waals surface area contributed by atoms with Crippen LogP contribution in [0.15, 0.2) is 36.5 Å². The second kappa shape index (κ2) is 10.1. The van der Waals surface area contributed by atoms with E-state index < -0.39 is 11.6 Å². The molecule has 3 heterocycles. The van der Waals surface area contributed by atoms with Crippen LogP contribution in [-0.4, -0.2) is 62.5 Å². The Balaban J connectivity index is 1.45. The predicted octanol–water partition coefficient (Wildman–Crippen LogP) is 4.19. The van der Waals surface area contributed by atoms with E-state index >= 15 is 0 Å². The number of anilines is 4. The molecule has 2 aliphatic heterocycles. The number of hydrogen-bond acceptors (Lipinski definition) is 8. The maximum absolute atomic E-state index is 15.0. The highest BCUT2D eigenvalue weighted by atomic mass is 19.1. The molecule has 0 radical (unpaired) electrons. The van der Waals surface area contributed by atoms with Crippen LogP contribution in [0.1, 0.15) is 13.8 Å². The van der Waals surface area contributed by atoms with Crippen LogP contribution in [0.2, 0.25) is 0 Å². The second-order valence-corrected chi connectivity index (χ2v) is 9.08. The van der Waals surface area contributed by atoms with Crippen molar-refractivity contribution < 1.29 is 18.3 Å². The molecule has 0 amide bonds. The van der Waals surface area contributed by atoms with Crippen LogP contribution >= 0.6 is 0 Å². The summed E-state index contributed by atoms with van der Waals surface area (Å²) in [6, 6.07) is 8.86. The first kappa shape index (κ1) is 24.1. The van der Waals surface area contributed by atoms with Gasteiger partial charge in [0.05, 0.1) is 31.2 Å². The number of methoxy groups -OCH3 is 1. The molecular formula is C26H30F2N6O2. The Hall–Kier alpha value is -3.66. The van der Waals surface area contributed by atoms with Gasteiger partial charge >= 0.3 is 0 Å². The van der Waals surface area contributed by atoms with E-state index in [2.05, 4.69) is 25.5 Å². The van der Waals surface area contributed by atoms with Gasteiger partial charge in [-0.15, -0.1) is 0 Å². The molecule has 2 N–H and O–H groups in total. The number of aromatic nitrogens is 2. The van der Waals surface area contributed by atoms with Crippen LogP contribution in [0.4, 0.5) is 31.8 Å². The standard InChI is InChI=1S/C26H30F2N6O2/c1-16(2)34-10-11-36-25-19(27)12-17(13-22(25)34)24-20(28)15-30-26(32-24)31-18-4-5-21(23(14-18)35-3)33-8-6-29-7-9-33/h4-5,12-16,29H,6-11H2,1-3H3,(H,30,31,32). The van der Waals surface area contributed by atoms with Crippen molar-refractivity contribution in [1.29, 1.82) is 0 Å². The molecule has 2 aromatic carbocycles. The molecule has 0 atom stereocenters. The average molecular weight is 497 g/mol. The van der Waals surface area contributed by atoms with Crippen LogP contribution in [0, 0.1) is 11.6 Å². The number of fused-ring (bicyclic) bond motifs is 1. The first-order chi connectivity index (χ1) is 17.4. The smallest absolute Gasteiger partial charge is 0.227 e. The van der Waals surface area contributed by atoms with Gasteiger partial charge < -0.3 is 29.9 Å². The first-order valence-corrected chi connectivity index (χ1v) is 12.1. The fourth-order valence-electron chi connectivity index (χ4n) is 4.66. The number of ether oxygens (including phenoxy) is 2. The van der Waals surface area contributed by atoms with Gasteiger partial charge in [-0.1, -0.05) is 0 Å². The molecule has 3 aromatic rings. The van der Waals surface area contributed by atoms with Crippen LogP contribution in [0.25, 0.3) is 11.3 Å². The van der Waals surface area contributed by atoms with E-state index in [0.29, 0.717) is 30.1 Å². The monoisotopic (exact) mass is 496 g/mol. The third-order valence-electron chi connectivity index (χ3n) is 6.45. The molecule has 5 rings (SSSR count). The molecule has 10 heteroatoms. The third-order valence-corrected chi connectivity index (χ3v) is 6.45. The van der Waals surface area contributed by atoms with Crippen molar-refractivity contribution in [1.82, 2.24) is 15.3 Å². The normalized spacial score (nSPS) is 15.5. The molecule has 0 aliphatic carbocycles. The van der Waals surface area contributed by atoms with Crippen molar-refractivity contribution in [3.05, 3.63) is 48.2 Å². The summed E-state index contributed by atoms with van der Waals surface area (Å²) in [5.41, 5.74) is 2.61. The Morgan fingerprint density at radius 2 is 1.86 bits per heavy atom. The van der Waals surface area contributed by atoms with Gasteiger partial charge in [-0.3, -0.25) is 0 Å². The van der Waals surface area contributed by atoms with Crippen molar-refractivity contribution in [3.63, 3.8) is 0 Å². The van der Waals surface area contributed by atoms with E-state index in [4.69, 9.17) is 9.47 Å². The summed E-state index contributed by atoms with van der Waals surface area (Å²) in [4.78, 5) is 12.8. The second-order valence-electron chi connectivity index (χ2n) is 9.08. The van der Waals surface area contributed by atoms with E-state index in [9.17, 15) is 8.78 Å². The lowest BCUT2D eigenvalue weighted by atomic mass is 10.1. The lowest BCUT2D eigenvalue weighted by Gasteiger charge is -2.34. The molecule has 8 nitrogen and oxygen atoms in total. The number of nitrogens with zero attached hydrogens (tertiary/aromatic N) is 4. The molecule has 1 fully saturated rings. The fraction of sp³-hybridized carbons (Fsp3) is 0.385. The Bertz CT molecular complexity index is 1250. The zero-order chi connectivity index (χ0) is 25.2. The highest BCUT2D eigenvalue weighted by Crippen LogP contribution is 2.39. The molecule has 190 valence electrons. The van der Waals surface area contributed by atoms with E-state index in [1.54, 1.807) is 13.2 Å². The maximum atomic E-state index is 15.0. The average Bonchev–Trinajstić information content (AvgIpc) is 2.89. The van der Waals surface area contributed by atoms with Crippen LogP contribution in [-0.2, 0) is 0 Å². The van der Waals surface area contributed by atoms with Gasteiger partial charge in [0.15, 0.2) is 17.4 Å². The van der Waals surface area contributed by atoms with Crippen molar-refractivity contribution >= 4 is 23.0 Å². The Labute approximate surface area is 209 Å². The highest BCUT2D eigenvalue weighted by Gasteiger charge is 2.26. The largest absolute Gasteiger partial charge is 0.495 e. The molecule has 0 unspecified atom stereocenters. The van der Waals surface area contributed by atoms with Crippen LogP contribution < -0.4 is 29.9 Å². The summed E-state index contributed by atoms with van der Waals surface area (Å²) < 4.78 is 41.0. The fourth-order valence-corrected chi connectivity index (χ4v) is 4.66. The van der Waals surface area contributed by atoms with Crippen molar-refractivity contribution in [3.8, 4) is 22.8 Å². The van der Waals surface area contributed by atoms with E-state index in [1.165, 1.54) is 6.07 Å². The molecule has 2 aliphatic rings. The van der Waals surface area contributed by atoms with Gasteiger partial charge in [0.25, 0.3) is 0 Å². The van der Waals surface area contributed by atoms with E-state index in [0.717, 1.165) is 43.8 Å². The number of hydrogen-bond donors (Lipinski definition) is 2. The first-order valence-electron chi connectivity index (χ1n) is 12.1. The van der Waals surface area contributed by atoms with Crippen molar-refractivity contribution in [2.24, 2.45) is 0 Å². The predicted molar refractivity (Wildman–Crippen MR) is 137 cm³/mol. The molecule has 36 heavy (non-hydrogen) atoms. The summed E-state index contributed by atoms with van der Waals surface area (Å²) >= 11 is 0.